The van der Waals surface area contributed by atoms with E-state index < -0.39 is 51.6 Å². The average Bonchev–Trinajstić information content (AvgIpc) is 2.45. The summed E-state index contributed by atoms with van der Waals surface area (Å²) >= 11 is 0. The molecule has 0 aliphatic carbocycles. The molecular weight excluding hydrogens is 341 g/mol. The van der Waals surface area contributed by atoms with Gasteiger partial charge in [-0.15, -0.1) is 0 Å². The maximum absolute atomic E-state index is 13.9. The van der Waals surface area contributed by atoms with Crippen LogP contribution in [0.1, 0.15) is 17.4 Å². The fourth-order valence-electron chi connectivity index (χ4n) is 1.90. The molecule has 0 bridgehead atoms. The standard InChI is InChI=1S/C14H7F5NO4/c15-9-5-2-6-10(12(9)20(22)23)24-13(21)7-3-1-4-8(11(7)16)14(17,18)19/h1-6,13H. The number of alkyl halides is 3. The topological polar surface area (TPSA) is 72.3 Å². The molecule has 0 fully saturated rings. The van der Waals surface area contributed by atoms with Crippen molar-refractivity contribution in [2.45, 2.75) is 12.5 Å². The van der Waals surface area contributed by atoms with Crippen LogP contribution in [0.3, 0.4) is 0 Å². The van der Waals surface area contributed by atoms with Crippen molar-refractivity contribution in [3.63, 3.8) is 0 Å². The lowest BCUT2D eigenvalue weighted by molar-refractivity contribution is -0.389. The quantitative estimate of drug-likeness (QED) is 0.356. The van der Waals surface area contributed by atoms with Gasteiger partial charge in [-0.2, -0.15) is 22.7 Å². The average molecular weight is 348 g/mol. The van der Waals surface area contributed by atoms with Crippen LogP contribution in [-0.2, 0) is 11.3 Å². The summed E-state index contributed by atoms with van der Waals surface area (Å²) in [7, 11) is 0. The van der Waals surface area contributed by atoms with E-state index in [9.17, 15) is 37.2 Å². The molecule has 1 radical (unpaired) electrons. The lowest BCUT2D eigenvalue weighted by Crippen LogP contribution is -2.14. The normalized spacial score (nSPS) is 12.8. The molecule has 0 heterocycles. The van der Waals surface area contributed by atoms with Crippen LogP contribution in [0.2, 0.25) is 0 Å². The van der Waals surface area contributed by atoms with Crippen molar-refractivity contribution in [3.8, 4) is 5.75 Å². The van der Waals surface area contributed by atoms with Crippen LogP contribution in [0.25, 0.3) is 0 Å². The minimum atomic E-state index is -5.04. The zero-order chi connectivity index (χ0) is 18.1. The first-order chi connectivity index (χ1) is 11.1. The second-order valence-corrected chi connectivity index (χ2v) is 4.50. The highest BCUT2D eigenvalue weighted by Gasteiger charge is 2.36. The summed E-state index contributed by atoms with van der Waals surface area (Å²) in [6, 6.07) is 4.55. The number of benzene rings is 2. The molecule has 1 atom stereocenters. The Morgan fingerprint density at radius 2 is 1.71 bits per heavy atom. The first-order valence-electron chi connectivity index (χ1n) is 6.24. The van der Waals surface area contributed by atoms with Gasteiger partial charge in [0.2, 0.25) is 11.6 Å². The van der Waals surface area contributed by atoms with Crippen LogP contribution in [0.15, 0.2) is 36.4 Å². The van der Waals surface area contributed by atoms with Gasteiger partial charge in [-0.1, -0.05) is 12.1 Å². The van der Waals surface area contributed by atoms with Gasteiger partial charge in [-0.05, 0) is 24.3 Å². The van der Waals surface area contributed by atoms with Gasteiger partial charge in [0.1, 0.15) is 5.82 Å². The van der Waals surface area contributed by atoms with Gasteiger partial charge in [0.05, 0.1) is 16.1 Å². The molecular formula is C14H7F5NO4. The van der Waals surface area contributed by atoms with E-state index in [1.165, 1.54) is 0 Å². The molecule has 2 rings (SSSR count). The van der Waals surface area contributed by atoms with Crippen molar-refractivity contribution in [1.29, 1.82) is 0 Å². The van der Waals surface area contributed by atoms with E-state index in [0.29, 0.717) is 6.07 Å². The Kier molecular flexibility index (Phi) is 4.69. The molecule has 10 heteroatoms. The smallest absolute Gasteiger partial charge is 0.419 e. The molecule has 0 saturated heterocycles. The highest BCUT2D eigenvalue weighted by atomic mass is 19.4. The van der Waals surface area contributed by atoms with E-state index in [1.807, 2.05) is 0 Å². The zero-order valence-corrected chi connectivity index (χ0v) is 11.5. The second-order valence-electron chi connectivity index (χ2n) is 4.50. The summed E-state index contributed by atoms with van der Waals surface area (Å²) < 4.78 is 69.7. The van der Waals surface area contributed by atoms with Crippen LogP contribution in [-0.4, -0.2) is 4.92 Å². The van der Waals surface area contributed by atoms with Gasteiger partial charge >= 0.3 is 11.9 Å². The Hall–Kier alpha value is -2.75. The number of ether oxygens (including phenoxy) is 1. The minimum Gasteiger partial charge on any atom is -0.450 e. The number of nitro benzene ring substituents is 1. The number of hydrogen-bond acceptors (Lipinski definition) is 3. The van der Waals surface area contributed by atoms with Crippen molar-refractivity contribution >= 4 is 5.69 Å². The van der Waals surface area contributed by atoms with E-state index >= 15 is 0 Å². The third-order valence-electron chi connectivity index (χ3n) is 2.95. The Morgan fingerprint density at radius 1 is 1.08 bits per heavy atom. The molecule has 0 aromatic heterocycles. The molecule has 2 aromatic rings. The number of para-hydroxylation sites is 1. The Morgan fingerprint density at radius 3 is 2.29 bits per heavy atom. The molecule has 5 nitrogen and oxygen atoms in total. The predicted octanol–water partition coefficient (Wildman–Crippen LogP) is 4.40. The van der Waals surface area contributed by atoms with Gasteiger partial charge in [0.15, 0.2) is 0 Å². The number of nitrogens with zero attached hydrogens (tertiary/aromatic N) is 1. The largest absolute Gasteiger partial charge is 0.450 e. The fraction of sp³-hybridized carbons (Fsp3) is 0.143. The highest BCUT2D eigenvalue weighted by molar-refractivity contribution is 5.47. The number of halogens is 5. The van der Waals surface area contributed by atoms with Crippen molar-refractivity contribution < 1.29 is 36.7 Å². The predicted molar refractivity (Wildman–Crippen MR) is 68.5 cm³/mol. The zero-order valence-electron chi connectivity index (χ0n) is 11.5. The Balaban J connectivity index is 2.41. The third kappa shape index (κ3) is 3.43. The van der Waals surface area contributed by atoms with E-state index in [-0.39, 0.29) is 0 Å². The molecule has 0 spiro atoms. The summed E-state index contributed by atoms with van der Waals surface area (Å²) in [6.45, 7) is 0. The summed E-state index contributed by atoms with van der Waals surface area (Å²) in [6.07, 6.45) is -7.60. The van der Waals surface area contributed by atoms with Crippen LogP contribution in [0.4, 0.5) is 27.6 Å². The fourth-order valence-corrected chi connectivity index (χ4v) is 1.90. The van der Waals surface area contributed by atoms with Gasteiger partial charge in [0.25, 0.3) is 6.29 Å². The van der Waals surface area contributed by atoms with E-state index in [0.717, 1.165) is 30.3 Å². The molecule has 0 saturated carbocycles. The van der Waals surface area contributed by atoms with Crippen molar-refractivity contribution in [2.24, 2.45) is 0 Å². The van der Waals surface area contributed by atoms with Gasteiger partial charge in [0, 0.05) is 0 Å². The number of rotatable bonds is 4. The molecule has 0 aliphatic heterocycles. The molecule has 2 aromatic carbocycles. The highest BCUT2D eigenvalue weighted by Crippen LogP contribution is 2.36. The van der Waals surface area contributed by atoms with Gasteiger partial charge in [-0.3, -0.25) is 10.1 Å². The number of nitro groups is 1. The van der Waals surface area contributed by atoms with Crippen LogP contribution >= 0.6 is 0 Å². The third-order valence-corrected chi connectivity index (χ3v) is 2.95. The first kappa shape index (κ1) is 17.6. The Bertz CT molecular complexity index is 778. The Labute approximate surface area is 131 Å². The molecule has 0 aliphatic rings. The monoisotopic (exact) mass is 348 g/mol. The summed E-state index contributed by atoms with van der Waals surface area (Å²) in [5, 5.41) is 22.7. The molecule has 0 amide bonds. The van der Waals surface area contributed by atoms with Crippen molar-refractivity contribution in [1.82, 2.24) is 0 Å². The van der Waals surface area contributed by atoms with Crippen molar-refractivity contribution in [2.75, 3.05) is 0 Å². The SMILES string of the molecule is [O]C(Oc1cccc(F)c1[N+](=O)[O-])c1cccc(C(F)(F)F)c1F. The van der Waals surface area contributed by atoms with Gasteiger partial charge in [-0.25, -0.2) is 4.39 Å². The van der Waals surface area contributed by atoms with E-state index in [2.05, 4.69) is 4.74 Å². The maximum atomic E-state index is 13.9. The van der Waals surface area contributed by atoms with E-state index in [1.54, 1.807) is 0 Å². The van der Waals surface area contributed by atoms with E-state index in [4.69, 9.17) is 0 Å². The van der Waals surface area contributed by atoms with Crippen LogP contribution < -0.4 is 4.74 Å². The lowest BCUT2D eigenvalue weighted by atomic mass is 10.1. The summed E-state index contributed by atoms with van der Waals surface area (Å²) in [4.78, 5) is 9.61. The van der Waals surface area contributed by atoms with Gasteiger partial charge < -0.3 is 4.74 Å². The first-order valence-corrected chi connectivity index (χ1v) is 6.24. The second kappa shape index (κ2) is 6.40. The lowest BCUT2D eigenvalue weighted by Gasteiger charge is -2.15. The van der Waals surface area contributed by atoms with Crippen molar-refractivity contribution in [3.05, 3.63) is 69.3 Å². The van der Waals surface area contributed by atoms with Crippen LogP contribution in [0.5, 0.6) is 5.75 Å². The maximum Gasteiger partial charge on any atom is 0.419 e. The summed E-state index contributed by atoms with van der Waals surface area (Å²) in [5.74, 6) is -3.99. The molecule has 1 unspecified atom stereocenters. The molecule has 0 N–H and O–H groups in total. The molecule has 24 heavy (non-hydrogen) atoms. The minimum absolute atomic E-state index is 0.427. The van der Waals surface area contributed by atoms with Crippen LogP contribution in [0, 0.1) is 21.7 Å². The number of hydrogen-bond donors (Lipinski definition) is 0. The molecule has 127 valence electrons. The summed E-state index contributed by atoms with van der Waals surface area (Å²) in [5.41, 5.74) is -3.87.